The number of ether oxygens (including phenoxy) is 1. The number of allylic oxidation sites excluding steroid dienone is 2. The second kappa shape index (κ2) is 11.3. The number of nitrogens with zero attached hydrogens (tertiary/aromatic N) is 1. The molecule has 1 aliphatic heterocycles. The zero-order chi connectivity index (χ0) is 25.4. The number of nitro benzene ring substituents is 1. The molecule has 0 bridgehead atoms. The molecule has 1 unspecified atom stereocenters. The summed E-state index contributed by atoms with van der Waals surface area (Å²) >= 11 is 0. The zero-order valence-electron chi connectivity index (χ0n) is 18.7. The first-order valence-corrected chi connectivity index (χ1v) is 10.7. The molecule has 1 heterocycles. The Morgan fingerprint density at radius 1 is 0.886 bits per heavy atom. The van der Waals surface area contributed by atoms with Gasteiger partial charge in [-0.3, -0.25) is 10.1 Å². The molecule has 9 heteroatoms. The predicted octanol–water partition coefficient (Wildman–Crippen LogP) is 7.33. The molecule has 0 saturated heterocycles. The van der Waals surface area contributed by atoms with Crippen LogP contribution in [0, 0.1) is 10.1 Å². The van der Waals surface area contributed by atoms with Crippen LogP contribution in [-0.2, 0) is 0 Å². The first-order chi connectivity index (χ1) is 16.6. The normalized spacial score (nSPS) is 15.7. The number of non-ortho nitro benzene ring substituents is 1. The minimum Gasteiger partial charge on any atom is -0.574 e. The summed E-state index contributed by atoms with van der Waals surface area (Å²) < 4.78 is 44.0. The highest BCUT2D eigenvalue weighted by Crippen LogP contribution is 2.31. The minimum absolute atomic E-state index is 0.0905. The van der Waals surface area contributed by atoms with Crippen molar-refractivity contribution < 1.29 is 26.9 Å². The summed E-state index contributed by atoms with van der Waals surface area (Å²) in [5, 5.41) is 10.9. The molecule has 0 radical (unpaired) electrons. The van der Waals surface area contributed by atoms with E-state index < -0.39 is 7.25 Å². The Bertz CT molecular complexity index is 1230. The fourth-order valence-electron chi connectivity index (χ4n) is 3.44. The fourth-order valence-corrected chi connectivity index (χ4v) is 3.44. The first-order valence-electron chi connectivity index (χ1n) is 10.7. The molecule has 3 aromatic rings. The summed E-state index contributed by atoms with van der Waals surface area (Å²) in [7, 11) is -6.00. The van der Waals surface area contributed by atoms with Crippen molar-refractivity contribution in [3.05, 3.63) is 129 Å². The molecule has 0 saturated carbocycles. The highest BCUT2D eigenvalue weighted by atomic mass is 19.5. The van der Waals surface area contributed by atoms with E-state index in [4.69, 9.17) is 4.74 Å². The van der Waals surface area contributed by atoms with E-state index in [0.717, 1.165) is 33.6 Å². The summed E-state index contributed by atoms with van der Waals surface area (Å²) in [6.07, 6.45) is 6.21. The quantitative estimate of drug-likeness (QED) is 0.125. The third-order valence-electron chi connectivity index (χ3n) is 5.05. The number of hydrogen-bond acceptors (Lipinski definition) is 2. The Kier molecular flexibility index (Phi) is 8.25. The molecule has 180 valence electrons. The summed E-state index contributed by atoms with van der Waals surface area (Å²) in [4.78, 5) is 10.5. The van der Waals surface area contributed by atoms with Gasteiger partial charge in [-0.2, -0.15) is 0 Å². The van der Waals surface area contributed by atoms with E-state index in [-0.39, 0.29) is 16.7 Å². The molecule has 0 aromatic heterocycles. The molecule has 0 fully saturated rings. The Hall–Kier alpha value is -4.14. The predicted molar refractivity (Wildman–Crippen MR) is 132 cm³/mol. The van der Waals surface area contributed by atoms with Crippen molar-refractivity contribution in [1.29, 1.82) is 0 Å². The van der Waals surface area contributed by atoms with Crippen LogP contribution in [0.1, 0.15) is 23.6 Å². The average molecular weight is 483 g/mol. The van der Waals surface area contributed by atoms with Crippen LogP contribution >= 0.6 is 0 Å². The molecule has 0 spiro atoms. The second-order valence-electron chi connectivity index (χ2n) is 7.69. The van der Waals surface area contributed by atoms with Gasteiger partial charge in [-0.25, -0.2) is 0 Å². The van der Waals surface area contributed by atoms with Crippen molar-refractivity contribution in [2.45, 2.75) is 13.0 Å². The Labute approximate surface area is 200 Å². The van der Waals surface area contributed by atoms with Crippen molar-refractivity contribution in [1.82, 2.24) is 0 Å². The van der Waals surface area contributed by atoms with Gasteiger partial charge in [0.15, 0.2) is 0 Å². The molecule has 1 atom stereocenters. The molecular formula is C26H22BF4NO3. The van der Waals surface area contributed by atoms with Crippen molar-refractivity contribution in [3.63, 3.8) is 0 Å². The summed E-state index contributed by atoms with van der Waals surface area (Å²) in [6, 6.07) is 27.0. The molecule has 4 nitrogen and oxygen atoms in total. The Morgan fingerprint density at radius 3 is 1.91 bits per heavy atom. The van der Waals surface area contributed by atoms with Gasteiger partial charge < -0.3 is 22.0 Å². The maximum atomic E-state index is 10.9. The number of hydrogen-bond donors (Lipinski definition) is 0. The molecule has 0 amide bonds. The Morgan fingerprint density at radius 2 is 1.40 bits per heavy atom. The molecule has 35 heavy (non-hydrogen) atoms. The van der Waals surface area contributed by atoms with E-state index in [1.807, 2.05) is 49.4 Å². The van der Waals surface area contributed by atoms with E-state index >= 15 is 0 Å². The lowest BCUT2D eigenvalue weighted by atomic mass is 9.96. The van der Waals surface area contributed by atoms with Crippen LogP contribution in [0.5, 0.6) is 0 Å². The molecule has 1 aliphatic rings. The zero-order valence-corrected chi connectivity index (χ0v) is 18.7. The third-order valence-corrected chi connectivity index (χ3v) is 5.05. The average Bonchev–Trinajstić information content (AvgIpc) is 2.84. The maximum Gasteiger partial charge on any atom is 0.673 e. The van der Waals surface area contributed by atoms with Crippen LogP contribution in [0.3, 0.4) is 0 Å². The number of rotatable bonds is 5. The van der Waals surface area contributed by atoms with Crippen LogP contribution in [0.15, 0.2) is 103 Å². The lowest BCUT2D eigenvalue weighted by Gasteiger charge is -2.22. The van der Waals surface area contributed by atoms with Crippen molar-refractivity contribution in [2.75, 3.05) is 0 Å². The van der Waals surface area contributed by atoms with Gasteiger partial charge in [0.05, 0.1) is 10.5 Å². The van der Waals surface area contributed by atoms with Crippen molar-refractivity contribution >= 4 is 30.4 Å². The van der Waals surface area contributed by atoms with Crippen LogP contribution in [-0.4, -0.2) is 23.0 Å². The summed E-state index contributed by atoms with van der Waals surface area (Å²) in [6.45, 7) is 2.04. The molecule has 3 aromatic carbocycles. The van der Waals surface area contributed by atoms with Crippen molar-refractivity contribution in [3.8, 4) is 0 Å². The standard InChI is InChI=1S/C26H21NO3.BF4/c1-19(16-20-12-14-24(15-13-20)27(28)29)25-17-23(21-8-4-2-5-9-21)18-26(30-25)22-10-6-3-7-11-22;2-1(3,4)5/h2-18,25H,1H3;/q;-1/p+1/b19-16+;. The summed E-state index contributed by atoms with van der Waals surface area (Å²) in [5.74, 6) is 0.943. The van der Waals surface area contributed by atoms with Crippen LogP contribution in [0.25, 0.3) is 17.4 Å². The van der Waals surface area contributed by atoms with E-state index in [2.05, 4.69) is 36.4 Å². The highest BCUT2D eigenvalue weighted by molar-refractivity contribution is 6.50. The van der Waals surface area contributed by atoms with Gasteiger partial charge in [0, 0.05) is 29.9 Å². The van der Waals surface area contributed by atoms with E-state index in [1.54, 1.807) is 12.1 Å². The minimum atomic E-state index is -6.00. The number of benzene rings is 3. The topological polar surface area (TPSA) is 55.9 Å². The van der Waals surface area contributed by atoms with E-state index in [0.29, 0.717) is 0 Å². The maximum absolute atomic E-state index is 10.9. The van der Waals surface area contributed by atoms with Gasteiger partial charge in [-0.05, 0) is 54.0 Å². The fraction of sp³-hybridized carbons (Fsp3) is 0.0769. The third kappa shape index (κ3) is 7.99. The SMILES string of the molecule is C/C(=C\c1ccc([N+](=O)[O-])cc1)C1C=C(c2ccccc2)C=C(c2ccccc2)[OH+]1.F[B-](F)(F)F. The molecule has 0 aliphatic carbocycles. The van der Waals surface area contributed by atoms with Gasteiger partial charge in [-0.1, -0.05) is 48.5 Å². The van der Waals surface area contributed by atoms with Crippen LogP contribution in [0.4, 0.5) is 23.0 Å². The lowest BCUT2D eigenvalue weighted by Crippen LogP contribution is -2.19. The van der Waals surface area contributed by atoms with Gasteiger partial charge in [0.2, 0.25) is 6.10 Å². The van der Waals surface area contributed by atoms with E-state index in [1.165, 1.54) is 12.1 Å². The monoisotopic (exact) mass is 483 g/mol. The number of aliphatic hydroxyl groups is 2. The first kappa shape index (κ1) is 25.5. The lowest BCUT2D eigenvalue weighted by molar-refractivity contribution is -0.384. The van der Waals surface area contributed by atoms with E-state index in [9.17, 15) is 27.4 Å². The van der Waals surface area contributed by atoms with Crippen LogP contribution < -0.4 is 0 Å². The van der Waals surface area contributed by atoms with Gasteiger partial charge >= 0.3 is 7.25 Å². The number of halogens is 4. The van der Waals surface area contributed by atoms with Crippen LogP contribution in [0.2, 0.25) is 0 Å². The molecule has 4 rings (SSSR count). The molecule has 1 N–H and O–H groups in total. The Balaban J connectivity index is 0.000000623. The second-order valence-corrected chi connectivity index (χ2v) is 7.69. The highest BCUT2D eigenvalue weighted by Gasteiger charge is 2.24. The van der Waals surface area contributed by atoms with Gasteiger partial charge in [0.25, 0.3) is 11.4 Å². The van der Waals surface area contributed by atoms with Gasteiger partial charge in [-0.15, -0.1) is 0 Å². The summed E-state index contributed by atoms with van der Waals surface area (Å²) in [5.41, 5.74) is 5.43. The number of nitro groups is 1. The van der Waals surface area contributed by atoms with Gasteiger partial charge in [0.1, 0.15) is 0 Å². The van der Waals surface area contributed by atoms with Crippen molar-refractivity contribution in [2.24, 2.45) is 0 Å². The molecular weight excluding hydrogens is 461 g/mol. The smallest absolute Gasteiger partial charge is 0.574 e. The largest absolute Gasteiger partial charge is 0.673 e.